The Morgan fingerprint density at radius 3 is 2.48 bits per heavy atom. The summed E-state index contributed by atoms with van der Waals surface area (Å²) in [6, 6.07) is 10.4. The maximum Gasteiger partial charge on any atom is 0.413 e. The molecule has 1 aromatic carbocycles. The van der Waals surface area contributed by atoms with E-state index in [0.29, 0.717) is 17.1 Å². The van der Waals surface area contributed by atoms with Crippen LogP contribution in [-0.4, -0.2) is 26.2 Å². The number of furan rings is 1. The summed E-state index contributed by atoms with van der Waals surface area (Å²) in [5.74, 6) is 0.338. The number of carbonyl (C=O) groups is 2. The van der Waals surface area contributed by atoms with Crippen LogP contribution in [-0.2, 0) is 9.53 Å². The molecular formula is C16H15IN2O4. The number of hydrogen-bond acceptors (Lipinski definition) is 4. The molecule has 0 atom stereocenters. The third kappa shape index (κ3) is 4.85. The van der Waals surface area contributed by atoms with Crippen molar-refractivity contribution in [2.45, 2.75) is 0 Å². The second-order valence-electron chi connectivity index (χ2n) is 4.54. The number of amides is 2. The molecule has 2 amide bonds. The maximum atomic E-state index is 11.8. The number of ether oxygens (including phenoxy) is 1. The Morgan fingerprint density at radius 1 is 1.22 bits per heavy atom. The molecule has 0 aliphatic heterocycles. The molecule has 0 radical (unpaired) electrons. The van der Waals surface area contributed by atoms with Gasteiger partial charge in [0.05, 0.1) is 7.11 Å². The predicted molar refractivity (Wildman–Crippen MR) is 96.3 cm³/mol. The van der Waals surface area contributed by atoms with Crippen LogP contribution in [0.2, 0.25) is 0 Å². The van der Waals surface area contributed by atoms with Crippen LogP contribution in [0.4, 0.5) is 16.2 Å². The van der Waals surface area contributed by atoms with Gasteiger partial charge in [-0.3, -0.25) is 9.69 Å². The van der Waals surface area contributed by atoms with Crippen LogP contribution >= 0.6 is 22.6 Å². The van der Waals surface area contributed by atoms with Gasteiger partial charge in [0.15, 0.2) is 3.77 Å². The molecule has 0 saturated carbocycles. The fourth-order valence-electron chi connectivity index (χ4n) is 1.77. The van der Waals surface area contributed by atoms with Crippen LogP contribution in [0.3, 0.4) is 0 Å². The molecule has 7 heteroatoms. The smallest absolute Gasteiger partial charge is 0.413 e. The van der Waals surface area contributed by atoms with Crippen LogP contribution in [0.25, 0.3) is 6.08 Å². The van der Waals surface area contributed by atoms with Crippen LogP contribution < -0.4 is 10.2 Å². The monoisotopic (exact) mass is 426 g/mol. The molecule has 0 fully saturated rings. The van der Waals surface area contributed by atoms with Crippen molar-refractivity contribution < 1.29 is 18.7 Å². The predicted octanol–water partition coefficient (Wildman–Crippen LogP) is 3.74. The molecular weight excluding hydrogens is 411 g/mol. The van der Waals surface area contributed by atoms with Gasteiger partial charge >= 0.3 is 6.09 Å². The Morgan fingerprint density at radius 2 is 1.91 bits per heavy atom. The number of anilines is 2. The third-order valence-corrected chi connectivity index (χ3v) is 3.54. The van der Waals surface area contributed by atoms with E-state index in [-0.39, 0.29) is 5.91 Å². The van der Waals surface area contributed by atoms with Gasteiger partial charge in [0, 0.05) is 24.5 Å². The molecule has 0 aliphatic carbocycles. The number of halogens is 1. The highest BCUT2D eigenvalue weighted by molar-refractivity contribution is 14.1. The van der Waals surface area contributed by atoms with E-state index in [9.17, 15) is 9.59 Å². The summed E-state index contributed by atoms with van der Waals surface area (Å²) < 4.78 is 10.7. The van der Waals surface area contributed by atoms with Crippen LogP contribution in [0.15, 0.2) is 46.9 Å². The van der Waals surface area contributed by atoms with Crippen molar-refractivity contribution in [3.8, 4) is 0 Å². The minimum atomic E-state index is -0.460. The van der Waals surface area contributed by atoms with E-state index in [0.717, 1.165) is 3.77 Å². The largest absolute Gasteiger partial charge is 0.452 e. The average molecular weight is 426 g/mol. The molecule has 1 heterocycles. The van der Waals surface area contributed by atoms with Crippen molar-refractivity contribution >= 4 is 52.0 Å². The van der Waals surface area contributed by atoms with Crippen molar-refractivity contribution in [1.29, 1.82) is 0 Å². The first-order valence-corrected chi connectivity index (χ1v) is 7.73. The van der Waals surface area contributed by atoms with Gasteiger partial charge in [-0.2, -0.15) is 0 Å². The highest BCUT2D eigenvalue weighted by Crippen LogP contribution is 2.17. The lowest BCUT2D eigenvalue weighted by Crippen LogP contribution is -2.25. The fourth-order valence-corrected chi connectivity index (χ4v) is 2.20. The molecule has 0 spiro atoms. The second kappa shape index (κ2) is 7.82. The minimum absolute atomic E-state index is 0.273. The summed E-state index contributed by atoms with van der Waals surface area (Å²) in [4.78, 5) is 24.6. The third-order valence-electron chi connectivity index (χ3n) is 2.96. The maximum absolute atomic E-state index is 11.8. The molecule has 120 valence electrons. The minimum Gasteiger partial charge on any atom is -0.452 e. The Kier molecular flexibility index (Phi) is 5.80. The number of hydrogen-bond donors (Lipinski definition) is 1. The summed E-state index contributed by atoms with van der Waals surface area (Å²) >= 11 is 2.05. The van der Waals surface area contributed by atoms with Crippen molar-refractivity contribution in [3.63, 3.8) is 0 Å². The van der Waals surface area contributed by atoms with Crippen LogP contribution in [0.5, 0.6) is 0 Å². The van der Waals surface area contributed by atoms with E-state index in [4.69, 9.17) is 4.42 Å². The number of carbonyl (C=O) groups excluding carboxylic acids is 2. The number of rotatable bonds is 4. The van der Waals surface area contributed by atoms with E-state index < -0.39 is 6.09 Å². The molecule has 0 unspecified atom stereocenters. The molecule has 23 heavy (non-hydrogen) atoms. The highest BCUT2D eigenvalue weighted by Gasteiger charge is 2.10. The van der Waals surface area contributed by atoms with Gasteiger partial charge in [0.2, 0.25) is 5.91 Å². The molecule has 0 aliphatic rings. The van der Waals surface area contributed by atoms with Gasteiger partial charge in [-0.1, -0.05) is 0 Å². The molecule has 2 aromatic rings. The van der Waals surface area contributed by atoms with Crippen LogP contribution in [0, 0.1) is 3.77 Å². The molecule has 0 bridgehead atoms. The standard InChI is InChI=1S/C16H15IN2O4/c1-19(16(21)22-2)12-5-3-11(4-6-12)18-15(20)10-8-13-7-9-14(17)23-13/h3-10H,1-2H3,(H,18,20). The molecule has 0 saturated heterocycles. The first-order valence-electron chi connectivity index (χ1n) is 6.66. The van der Waals surface area contributed by atoms with Crippen LogP contribution in [0.1, 0.15) is 5.76 Å². The van der Waals surface area contributed by atoms with E-state index in [1.807, 2.05) is 6.07 Å². The normalized spacial score (nSPS) is 10.6. The lowest BCUT2D eigenvalue weighted by Gasteiger charge is -2.15. The SMILES string of the molecule is COC(=O)N(C)c1ccc(NC(=O)C=Cc2ccc(I)o2)cc1. The van der Waals surface area contributed by atoms with Crippen molar-refractivity contribution in [3.05, 3.63) is 52.0 Å². The number of benzene rings is 1. The van der Waals surface area contributed by atoms with Gasteiger partial charge in [0.1, 0.15) is 5.76 Å². The molecule has 6 nitrogen and oxygen atoms in total. The van der Waals surface area contributed by atoms with Gasteiger partial charge in [0.25, 0.3) is 0 Å². The van der Waals surface area contributed by atoms with Gasteiger partial charge in [-0.25, -0.2) is 4.79 Å². The lowest BCUT2D eigenvalue weighted by atomic mass is 10.2. The van der Waals surface area contributed by atoms with Gasteiger partial charge in [-0.05, 0) is 65.1 Å². The second-order valence-corrected chi connectivity index (χ2v) is 5.60. The Bertz CT molecular complexity index is 722. The summed E-state index contributed by atoms with van der Waals surface area (Å²) in [6.07, 6.45) is 2.53. The fraction of sp³-hybridized carbons (Fsp3) is 0.125. The molecule has 1 N–H and O–H groups in total. The zero-order chi connectivity index (χ0) is 16.8. The summed E-state index contributed by atoms with van der Waals surface area (Å²) in [5, 5.41) is 2.72. The highest BCUT2D eigenvalue weighted by atomic mass is 127. The summed E-state index contributed by atoms with van der Waals surface area (Å²) in [5.41, 5.74) is 1.28. The lowest BCUT2D eigenvalue weighted by molar-refractivity contribution is -0.111. The van der Waals surface area contributed by atoms with Gasteiger partial charge < -0.3 is 14.5 Å². The quantitative estimate of drug-likeness (QED) is 0.598. The Hall–Kier alpha value is -2.29. The first-order chi connectivity index (χ1) is 11.0. The average Bonchev–Trinajstić information content (AvgIpc) is 2.97. The van der Waals surface area contributed by atoms with Crippen molar-refractivity contribution in [2.75, 3.05) is 24.4 Å². The zero-order valence-electron chi connectivity index (χ0n) is 12.6. The number of nitrogens with zero attached hydrogens (tertiary/aromatic N) is 1. The van der Waals surface area contributed by atoms with E-state index in [1.54, 1.807) is 43.5 Å². The number of nitrogens with one attached hydrogen (secondary N) is 1. The molecule has 1 aromatic heterocycles. The number of methoxy groups -OCH3 is 1. The zero-order valence-corrected chi connectivity index (χ0v) is 14.7. The Labute approximate surface area is 147 Å². The van der Waals surface area contributed by atoms with E-state index in [1.165, 1.54) is 18.1 Å². The molecule has 2 rings (SSSR count). The topological polar surface area (TPSA) is 71.8 Å². The van der Waals surface area contributed by atoms with E-state index >= 15 is 0 Å². The summed E-state index contributed by atoms with van der Waals surface area (Å²) in [6.45, 7) is 0. The van der Waals surface area contributed by atoms with Gasteiger partial charge in [-0.15, -0.1) is 0 Å². The van der Waals surface area contributed by atoms with Crippen molar-refractivity contribution in [2.24, 2.45) is 0 Å². The van der Waals surface area contributed by atoms with Crippen molar-refractivity contribution in [1.82, 2.24) is 0 Å². The summed E-state index contributed by atoms with van der Waals surface area (Å²) in [7, 11) is 2.92. The van der Waals surface area contributed by atoms with E-state index in [2.05, 4.69) is 32.6 Å². The Balaban J connectivity index is 1.96. The first kappa shape index (κ1) is 17.1.